The third kappa shape index (κ3) is 2.42. The summed E-state index contributed by atoms with van der Waals surface area (Å²) < 4.78 is 0. The molecule has 2 aromatic rings. The number of Topliss-reactive ketones (excluding diaryl/α,β-unsaturated/α-hetero) is 1. The number of hydrogen-bond acceptors (Lipinski definition) is 2. The Morgan fingerprint density at radius 2 is 1.45 bits per heavy atom. The molecule has 0 heterocycles. The number of carbonyl (C=O) groups is 1. The maximum atomic E-state index is 12.7. The van der Waals surface area contributed by atoms with Crippen LogP contribution < -0.4 is 0 Å². The van der Waals surface area contributed by atoms with Gasteiger partial charge in [-0.25, -0.2) is 0 Å². The van der Waals surface area contributed by atoms with E-state index in [4.69, 9.17) is 0 Å². The molecule has 2 nitrogen and oxygen atoms in total. The molecule has 2 rings (SSSR count). The van der Waals surface area contributed by atoms with Crippen LogP contribution in [0.3, 0.4) is 0 Å². The lowest BCUT2D eigenvalue weighted by atomic mass is 9.79. The molecule has 102 valence electrons. The summed E-state index contributed by atoms with van der Waals surface area (Å²) in [5, 5.41) is 0. The first kappa shape index (κ1) is 14.2. The molecule has 0 spiro atoms. The lowest BCUT2D eigenvalue weighted by Gasteiger charge is -2.29. The third-order valence-electron chi connectivity index (χ3n) is 3.43. The summed E-state index contributed by atoms with van der Waals surface area (Å²) in [6, 6.07) is 19.5. The van der Waals surface area contributed by atoms with Crippen LogP contribution in [-0.4, -0.2) is 12.0 Å². The van der Waals surface area contributed by atoms with Gasteiger partial charge in [0.25, 0.3) is 0 Å². The fraction of sp³-hybridized carbons (Fsp3) is 0.222. The lowest BCUT2D eigenvalue weighted by Crippen LogP contribution is -2.35. The van der Waals surface area contributed by atoms with Gasteiger partial charge < -0.3 is 0 Å². The van der Waals surface area contributed by atoms with Gasteiger partial charge in [-0.3, -0.25) is 9.79 Å². The van der Waals surface area contributed by atoms with Crippen molar-refractivity contribution < 1.29 is 4.79 Å². The van der Waals surface area contributed by atoms with E-state index in [1.165, 1.54) is 0 Å². The Morgan fingerprint density at radius 3 is 1.80 bits per heavy atom. The minimum Gasteiger partial charge on any atom is -0.296 e. The third-order valence-corrected chi connectivity index (χ3v) is 3.43. The number of aliphatic imine (C=N–C) groups is 1. The summed E-state index contributed by atoms with van der Waals surface area (Å²) >= 11 is 0. The van der Waals surface area contributed by atoms with Gasteiger partial charge in [0.15, 0.2) is 11.3 Å². The molecule has 0 atom stereocenters. The summed E-state index contributed by atoms with van der Waals surface area (Å²) in [5.41, 5.74) is 0.902. The largest absolute Gasteiger partial charge is 0.296 e. The Morgan fingerprint density at radius 1 is 1.00 bits per heavy atom. The van der Waals surface area contributed by atoms with E-state index in [2.05, 4.69) is 4.99 Å². The highest BCUT2D eigenvalue weighted by atomic mass is 16.1. The molecular weight excluding hydrogens is 246 g/mol. The number of nitrogens with zero attached hydrogens (tertiary/aromatic N) is 1. The molecule has 0 radical (unpaired) electrons. The van der Waals surface area contributed by atoms with Gasteiger partial charge in [0, 0.05) is 6.42 Å². The van der Waals surface area contributed by atoms with Gasteiger partial charge in [-0.15, -0.1) is 0 Å². The number of benzene rings is 2. The number of ketones is 1. The Hall–Kier alpha value is -2.22. The van der Waals surface area contributed by atoms with Gasteiger partial charge in [-0.2, -0.15) is 0 Å². The monoisotopic (exact) mass is 265 g/mol. The lowest BCUT2D eigenvalue weighted by molar-refractivity contribution is -0.122. The molecule has 0 aliphatic rings. The minimum atomic E-state index is -0.925. The molecule has 2 heteroatoms. The first-order chi connectivity index (χ1) is 9.75. The van der Waals surface area contributed by atoms with Gasteiger partial charge in [0.05, 0.1) is 0 Å². The van der Waals surface area contributed by atoms with E-state index in [0.717, 1.165) is 11.1 Å². The Balaban J connectivity index is 2.73. The van der Waals surface area contributed by atoms with Gasteiger partial charge in [-0.05, 0) is 24.3 Å². The summed E-state index contributed by atoms with van der Waals surface area (Å²) in [7, 11) is 0. The van der Waals surface area contributed by atoms with E-state index in [1.54, 1.807) is 6.21 Å². The average molecular weight is 265 g/mol. The first-order valence-corrected chi connectivity index (χ1v) is 6.90. The molecule has 20 heavy (non-hydrogen) atoms. The molecule has 0 N–H and O–H groups in total. The molecule has 0 saturated heterocycles. The molecule has 0 unspecified atom stereocenters. The standard InChI is InChI=1S/C18H19NO/c1-3-17(20)18(19-4-2,15-11-7-5-8-12-15)16-13-9-6-10-14-16/h4-14H,3H2,1-2H3. The van der Waals surface area contributed by atoms with E-state index in [0.29, 0.717) is 6.42 Å². The van der Waals surface area contributed by atoms with Crippen LogP contribution in [0.15, 0.2) is 65.7 Å². The van der Waals surface area contributed by atoms with Crippen LogP contribution in [0.2, 0.25) is 0 Å². The smallest absolute Gasteiger partial charge is 0.169 e. The van der Waals surface area contributed by atoms with Crippen molar-refractivity contribution in [2.75, 3.05) is 0 Å². The van der Waals surface area contributed by atoms with Gasteiger partial charge in [0.2, 0.25) is 0 Å². The van der Waals surface area contributed by atoms with Gasteiger partial charge in [0.1, 0.15) is 0 Å². The van der Waals surface area contributed by atoms with Crippen LogP contribution in [-0.2, 0) is 10.3 Å². The summed E-state index contributed by atoms with van der Waals surface area (Å²) in [6.07, 6.45) is 2.16. The maximum absolute atomic E-state index is 12.7. The van der Waals surface area contributed by atoms with Crippen LogP contribution in [0.4, 0.5) is 0 Å². The van der Waals surface area contributed by atoms with Gasteiger partial charge in [-0.1, -0.05) is 67.6 Å². The highest BCUT2D eigenvalue weighted by Crippen LogP contribution is 2.35. The molecule has 0 saturated carbocycles. The number of carbonyl (C=O) groups excluding carboxylic acids is 1. The second-order valence-electron chi connectivity index (χ2n) is 4.61. The van der Waals surface area contributed by atoms with Crippen molar-refractivity contribution in [2.45, 2.75) is 25.8 Å². The van der Waals surface area contributed by atoms with Crippen molar-refractivity contribution in [3.05, 3.63) is 71.8 Å². The molecule has 0 amide bonds. The summed E-state index contributed by atoms with van der Waals surface area (Å²) in [4.78, 5) is 17.3. The predicted molar refractivity (Wildman–Crippen MR) is 83.1 cm³/mol. The fourth-order valence-electron chi connectivity index (χ4n) is 2.52. The van der Waals surface area contributed by atoms with Crippen molar-refractivity contribution in [1.82, 2.24) is 0 Å². The van der Waals surface area contributed by atoms with Crippen molar-refractivity contribution in [2.24, 2.45) is 4.99 Å². The molecule has 0 aliphatic heterocycles. The van der Waals surface area contributed by atoms with Crippen molar-refractivity contribution in [1.29, 1.82) is 0 Å². The van der Waals surface area contributed by atoms with Crippen LogP contribution in [0, 0.1) is 0 Å². The summed E-state index contributed by atoms with van der Waals surface area (Å²) in [6.45, 7) is 3.73. The van der Waals surface area contributed by atoms with E-state index in [1.807, 2.05) is 74.5 Å². The van der Waals surface area contributed by atoms with Crippen LogP contribution in [0.25, 0.3) is 0 Å². The van der Waals surface area contributed by atoms with E-state index in [9.17, 15) is 4.79 Å². The molecule has 0 aliphatic carbocycles. The van der Waals surface area contributed by atoms with Gasteiger partial charge >= 0.3 is 0 Å². The van der Waals surface area contributed by atoms with Crippen LogP contribution in [0.5, 0.6) is 0 Å². The zero-order valence-corrected chi connectivity index (χ0v) is 11.9. The Kier molecular flexibility index (Phi) is 4.46. The number of rotatable bonds is 5. The molecule has 0 fully saturated rings. The van der Waals surface area contributed by atoms with E-state index < -0.39 is 5.54 Å². The maximum Gasteiger partial charge on any atom is 0.169 e. The normalized spacial score (nSPS) is 11.7. The average Bonchev–Trinajstić information content (AvgIpc) is 2.53. The van der Waals surface area contributed by atoms with Crippen molar-refractivity contribution in [3.8, 4) is 0 Å². The zero-order chi connectivity index (χ0) is 14.4. The predicted octanol–water partition coefficient (Wildman–Crippen LogP) is 4.00. The molecule has 2 aromatic carbocycles. The Bertz CT molecular complexity index is 548. The highest BCUT2D eigenvalue weighted by molar-refractivity contribution is 5.94. The van der Waals surface area contributed by atoms with E-state index >= 15 is 0 Å². The summed E-state index contributed by atoms with van der Waals surface area (Å²) in [5.74, 6) is 0.105. The van der Waals surface area contributed by atoms with Crippen molar-refractivity contribution in [3.63, 3.8) is 0 Å². The van der Waals surface area contributed by atoms with Crippen molar-refractivity contribution >= 4 is 12.0 Å². The zero-order valence-electron chi connectivity index (χ0n) is 11.9. The topological polar surface area (TPSA) is 29.4 Å². The molecule has 0 bridgehead atoms. The minimum absolute atomic E-state index is 0.105. The van der Waals surface area contributed by atoms with Crippen LogP contribution >= 0.6 is 0 Å². The van der Waals surface area contributed by atoms with E-state index in [-0.39, 0.29) is 5.78 Å². The quantitative estimate of drug-likeness (QED) is 0.751. The number of hydrogen-bond donors (Lipinski definition) is 0. The molecule has 0 aromatic heterocycles. The Labute approximate surface area is 120 Å². The highest BCUT2D eigenvalue weighted by Gasteiger charge is 2.39. The fourth-order valence-corrected chi connectivity index (χ4v) is 2.52. The molecular formula is C18H19NO. The second-order valence-corrected chi connectivity index (χ2v) is 4.61. The van der Waals surface area contributed by atoms with Crippen LogP contribution in [0.1, 0.15) is 31.4 Å². The first-order valence-electron chi connectivity index (χ1n) is 6.90. The second kappa shape index (κ2) is 6.29. The SMILES string of the molecule is CC=NC(C(=O)CC)(c1ccccc1)c1ccccc1.